The highest BCUT2D eigenvalue weighted by molar-refractivity contribution is 5.32. The molecule has 1 unspecified atom stereocenters. The van der Waals surface area contributed by atoms with Crippen LogP contribution in [0.1, 0.15) is 23.6 Å². The zero-order valence-electron chi connectivity index (χ0n) is 14.3. The highest BCUT2D eigenvalue weighted by Crippen LogP contribution is 2.35. The summed E-state index contributed by atoms with van der Waals surface area (Å²) in [4.78, 5) is 5.33. The molecule has 3 nitrogen and oxygen atoms in total. The summed E-state index contributed by atoms with van der Waals surface area (Å²) in [6, 6.07) is 23.0. The minimum absolute atomic E-state index is 0.383. The Morgan fingerprint density at radius 2 is 1.42 bits per heavy atom. The van der Waals surface area contributed by atoms with E-state index in [0.29, 0.717) is 12.1 Å². The van der Waals surface area contributed by atoms with Gasteiger partial charge in [0, 0.05) is 45.3 Å². The van der Waals surface area contributed by atoms with Gasteiger partial charge in [-0.05, 0) is 17.5 Å². The van der Waals surface area contributed by atoms with E-state index in [2.05, 4.69) is 75.8 Å². The van der Waals surface area contributed by atoms with Gasteiger partial charge in [-0.3, -0.25) is 9.80 Å². The third-order valence-corrected chi connectivity index (χ3v) is 5.43. The summed E-state index contributed by atoms with van der Waals surface area (Å²) in [6.45, 7) is 7.04. The van der Waals surface area contributed by atoms with Crippen LogP contribution in [0, 0.1) is 0 Å². The Labute approximate surface area is 145 Å². The molecule has 0 amide bonds. The molecule has 4 rings (SSSR count). The molecule has 0 radical (unpaired) electrons. The molecule has 2 saturated heterocycles. The monoisotopic (exact) mass is 321 g/mol. The van der Waals surface area contributed by atoms with E-state index in [-0.39, 0.29) is 0 Å². The van der Waals surface area contributed by atoms with Crippen molar-refractivity contribution in [1.82, 2.24) is 15.1 Å². The first-order chi connectivity index (χ1) is 11.9. The molecule has 2 aliphatic rings. The lowest BCUT2D eigenvalue weighted by atomic mass is 9.90. The number of likely N-dealkylation sites (tertiary alicyclic amines) is 1. The molecule has 24 heavy (non-hydrogen) atoms. The van der Waals surface area contributed by atoms with Crippen LogP contribution in [0.5, 0.6) is 0 Å². The molecule has 0 spiro atoms. The van der Waals surface area contributed by atoms with Crippen molar-refractivity contribution in [1.29, 1.82) is 0 Å². The summed E-state index contributed by atoms with van der Waals surface area (Å²) in [5, 5.41) is 3.45. The number of piperazine rings is 1. The Morgan fingerprint density at radius 1 is 0.833 bits per heavy atom. The molecule has 1 atom stereocenters. The highest BCUT2D eigenvalue weighted by Gasteiger charge is 2.36. The van der Waals surface area contributed by atoms with Gasteiger partial charge in [-0.1, -0.05) is 60.7 Å². The molecule has 0 aromatic heterocycles. The van der Waals surface area contributed by atoms with E-state index in [0.717, 1.165) is 13.1 Å². The van der Waals surface area contributed by atoms with E-state index in [9.17, 15) is 0 Å². The van der Waals surface area contributed by atoms with Crippen LogP contribution in [0.25, 0.3) is 0 Å². The molecule has 0 saturated carbocycles. The summed E-state index contributed by atoms with van der Waals surface area (Å²) < 4.78 is 0. The highest BCUT2D eigenvalue weighted by atomic mass is 15.3. The van der Waals surface area contributed by atoms with Crippen LogP contribution in [-0.2, 0) is 0 Å². The van der Waals surface area contributed by atoms with Gasteiger partial charge in [0.25, 0.3) is 0 Å². The van der Waals surface area contributed by atoms with Gasteiger partial charge in [-0.15, -0.1) is 0 Å². The standard InChI is InChI=1S/C21H27N3/c1-3-7-18(8-4-1)21(19-9-5-2-6-10-19)24-14-11-20(24)17-23-15-12-22-13-16-23/h1-10,20-22H,11-17H2. The van der Waals surface area contributed by atoms with Crippen molar-refractivity contribution >= 4 is 0 Å². The Balaban J connectivity index is 1.55. The number of benzene rings is 2. The van der Waals surface area contributed by atoms with Crippen LogP contribution in [0.15, 0.2) is 60.7 Å². The predicted octanol–water partition coefficient (Wildman–Crippen LogP) is 2.76. The van der Waals surface area contributed by atoms with Gasteiger partial charge in [0.05, 0.1) is 6.04 Å². The van der Waals surface area contributed by atoms with Crippen LogP contribution >= 0.6 is 0 Å². The second-order valence-corrected chi connectivity index (χ2v) is 6.95. The first kappa shape index (κ1) is 15.8. The van der Waals surface area contributed by atoms with E-state index in [1.165, 1.54) is 43.7 Å². The first-order valence-electron chi connectivity index (χ1n) is 9.20. The molecular formula is C21H27N3. The minimum atomic E-state index is 0.383. The zero-order valence-corrected chi connectivity index (χ0v) is 14.3. The number of hydrogen-bond donors (Lipinski definition) is 1. The normalized spacial score (nSPS) is 22.5. The lowest BCUT2D eigenvalue weighted by Gasteiger charge is -2.48. The maximum Gasteiger partial charge on any atom is 0.0604 e. The smallest absolute Gasteiger partial charge is 0.0604 e. The summed E-state index contributed by atoms with van der Waals surface area (Å²) in [5.41, 5.74) is 2.82. The molecule has 2 aromatic carbocycles. The van der Waals surface area contributed by atoms with Gasteiger partial charge >= 0.3 is 0 Å². The van der Waals surface area contributed by atoms with Gasteiger partial charge < -0.3 is 5.32 Å². The minimum Gasteiger partial charge on any atom is -0.314 e. The van der Waals surface area contributed by atoms with Gasteiger partial charge in [0.1, 0.15) is 0 Å². The molecule has 0 bridgehead atoms. The molecule has 0 aliphatic carbocycles. The molecule has 2 aliphatic heterocycles. The van der Waals surface area contributed by atoms with E-state index in [1.54, 1.807) is 0 Å². The van der Waals surface area contributed by atoms with Crippen molar-refractivity contribution in [2.75, 3.05) is 39.3 Å². The molecule has 2 aromatic rings. The molecule has 1 N–H and O–H groups in total. The Bertz CT molecular complexity index is 583. The first-order valence-corrected chi connectivity index (χ1v) is 9.20. The average Bonchev–Trinajstić information content (AvgIpc) is 2.65. The predicted molar refractivity (Wildman–Crippen MR) is 99.1 cm³/mol. The quantitative estimate of drug-likeness (QED) is 0.913. The van der Waals surface area contributed by atoms with Crippen LogP contribution in [0.3, 0.4) is 0 Å². The van der Waals surface area contributed by atoms with Gasteiger partial charge in [-0.2, -0.15) is 0 Å². The Morgan fingerprint density at radius 3 is 1.92 bits per heavy atom. The fraction of sp³-hybridized carbons (Fsp3) is 0.429. The van der Waals surface area contributed by atoms with Crippen LogP contribution in [0.4, 0.5) is 0 Å². The summed E-state index contributed by atoms with van der Waals surface area (Å²) in [7, 11) is 0. The third kappa shape index (κ3) is 3.39. The average molecular weight is 321 g/mol. The van der Waals surface area contributed by atoms with E-state index in [1.807, 2.05) is 0 Å². The Kier molecular flexibility index (Phi) is 4.93. The molecule has 2 fully saturated rings. The lowest BCUT2D eigenvalue weighted by Crippen LogP contribution is -2.57. The fourth-order valence-electron chi connectivity index (χ4n) is 4.03. The zero-order chi connectivity index (χ0) is 16.2. The van der Waals surface area contributed by atoms with E-state index < -0.39 is 0 Å². The van der Waals surface area contributed by atoms with Gasteiger partial charge in [-0.25, -0.2) is 0 Å². The van der Waals surface area contributed by atoms with Crippen molar-refractivity contribution in [2.24, 2.45) is 0 Å². The van der Waals surface area contributed by atoms with Crippen molar-refractivity contribution in [2.45, 2.75) is 18.5 Å². The summed E-state index contributed by atoms with van der Waals surface area (Å²) in [5.74, 6) is 0. The van der Waals surface area contributed by atoms with Gasteiger partial charge in [0.15, 0.2) is 0 Å². The van der Waals surface area contributed by atoms with E-state index >= 15 is 0 Å². The van der Waals surface area contributed by atoms with Gasteiger partial charge in [0.2, 0.25) is 0 Å². The SMILES string of the molecule is c1ccc(C(c2ccccc2)N2CCC2CN2CCNCC2)cc1. The van der Waals surface area contributed by atoms with Crippen LogP contribution < -0.4 is 5.32 Å². The fourth-order valence-corrected chi connectivity index (χ4v) is 4.03. The summed E-state index contributed by atoms with van der Waals surface area (Å²) >= 11 is 0. The second kappa shape index (κ2) is 7.47. The van der Waals surface area contributed by atoms with Crippen LogP contribution in [0.2, 0.25) is 0 Å². The maximum atomic E-state index is 3.45. The van der Waals surface area contributed by atoms with Crippen molar-refractivity contribution < 1.29 is 0 Å². The Hall–Kier alpha value is -1.68. The van der Waals surface area contributed by atoms with Crippen LogP contribution in [-0.4, -0.2) is 55.1 Å². The van der Waals surface area contributed by atoms with E-state index in [4.69, 9.17) is 0 Å². The molecule has 126 valence electrons. The topological polar surface area (TPSA) is 18.5 Å². The summed E-state index contributed by atoms with van der Waals surface area (Å²) in [6.07, 6.45) is 1.32. The number of hydrogen-bond acceptors (Lipinski definition) is 3. The third-order valence-electron chi connectivity index (χ3n) is 5.43. The van der Waals surface area contributed by atoms with Crippen molar-refractivity contribution in [3.63, 3.8) is 0 Å². The number of nitrogens with one attached hydrogen (secondary N) is 1. The number of nitrogens with zero attached hydrogens (tertiary/aromatic N) is 2. The molecule has 3 heteroatoms. The number of rotatable bonds is 5. The van der Waals surface area contributed by atoms with Crippen molar-refractivity contribution in [3.8, 4) is 0 Å². The second-order valence-electron chi connectivity index (χ2n) is 6.95. The maximum absolute atomic E-state index is 3.45. The largest absolute Gasteiger partial charge is 0.314 e. The van der Waals surface area contributed by atoms with Crippen molar-refractivity contribution in [3.05, 3.63) is 71.8 Å². The lowest BCUT2D eigenvalue weighted by molar-refractivity contribution is 0.0273. The molecule has 2 heterocycles. The molecular weight excluding hydrogens is 294 g/mol.